The fourth-order valence-corrected chi connectivity index (χ4v) is 9.68. The molecule has 0 radical (unpaired) electrons. The summed E-state index contributed by atoms with van der Waals surface area (Å²) in [6.07, 6.45) is 0. The summed E-state index contributed by atoms with van der Waals surface area (Å²) in [6.45, 7) is 0. The van der Waals surface area contributed by atoms with E-state index in [2.05, 4.69) is 126 Å². The van der Waals surface area contributed by atoms with Crippen molar-refractivity contribution >= 4 is 75.3 Å². The van der Waals surface area contributed by atoms with Crippen LogP contribution in [0.2, 0.25) is 0 Å². The fourth-order valence-electron chi connectivity index (χ4n) is 8.47. The van der Waals surface area contributed by atoms with Gasteiger partial charge in [0.15, 0.2) is 17.5 Å². The van der Waals surface area contributed by atoms with Gasteiger partial charge in [0.05, 0.1) is 11.0 Å². The summed E-state index contributed by atoms with van der Waals surface area (Å²) in [5, 5.41) is 7.09. The SMILES string of the molecule is c1ccc(-c2nc(-c3ccccc3)nc(-c3ccc4sc5c(-c6cccc7oc8cc(-n9c%10ccccc%10c%10ccccc%109)ccc8c67)cccc5c4c3)n2)cc1. The third-order valence-electron chi connectivity index (χ3n) is 11.1. The zero-order chi connectivity index (χ0) is 37.5. The van der Waals surface area contributed by atoms with Crippen molar-refractivity contribution in [2.45, 2.75) is 0 Å². The minimum atomic E-state index is 0.648. The van der Waals surface area contributed by atoms with Gasteiger partial charge >= 0.3 is 0 Å². The number of hydrogen-bond donors (Lipinski definition) is 0. The minimum absolute atomic E-state index is 0.648. The van der Waals surface area contributed by atoms with Gasteiger partial charge in [0.25, 0.3) is 0 Å². The summed E-state index contributed by atoms with van der Waals surface area (Å²) in [5.41, 5.74) is 10.4. The molecule has 0 fully saturated rings. The second-order valence-electron chi connectivity index (χ2n) is 14.4. The van der Waals surface area contributed by atoms with Gasteiger partial charge in [-0.15, -0.1) is 11.3 Å². The zero-order valence-corrected chi connectivity index (χ0v) is 31.2. The van der Waals surface area contributed by atoms with E-state index >= 15 is 0 Å². The number of para-hydroxylation sites is 2. The third-order valence-corrected chi connectivity index (χ3v) is 12.3. The van der Waals surface area contributed by atoms with Crippen molar-refractivity contribution in [1.29, 1.82) is 0 Å². The number of hydrogen-bond acceptors (Lipinski definition) is 5. The number of nitrogens with zero attached hydrogens (tertiary/aromatic N) is 4. The second kappa shape index (κ2) is 12.6. The number of thiophene rings is 1. The van der Waals surface area contributed by atoms with Crippen molar-refractivity contribution in [1.82, 2.24) is 19.5 Å². The van der Waals surface area contributed by atoms with Crippen LogP contribution in [0.4, 0.5) is 0 Å². The summed E-state index contributed by atoms with van der Waals surface area (Å²) < 4.78 is 11.5. The Kier molecular flexibility index (Phi) is 7.03. The smallest absolute Gasteiger partial charge is 0.164 e. The van der Waals surface area contributed by atoms with E-state index < -0.39 is 0 Å². The van der Waals surface area contributed by atoms with Crippen molar-refractivity contribution in [2.75, 3.05) is 0 Å². The van der Waals surface area contributed by atoms with Crippen LogP contribution in [0.1, 0.15) is 0 Å². The molecule has 0 bridgehead atoms. The molecule has 6 heteroatoms. The number of rotatable bonds is 5. The molecule has 0 N–H and O–H groups in total. The topological polar surface area (TPSA) is 56.7 Å². The van der Waals surface area contributed by atoms with Gasteiger partial charge < -0.3 is 8.98 Å². The molecule has 266 valence electrons. The van der Waals surface area contributed by atoms with Gasteiger partial charge in [-0.3, -0.25) is 0 Å². The van der Waals surface area contributed by atoms with Gasteiger partial charge in [0.2, 0.25) is 0 Å². The molecule has 0 spiro atoms. The van der Waals surface area contributed by atoms with E-state index in [4.69, 9.17) is 19.4 Å². The monoisotopic (exact) mass is 746 g/mol. The van der Waals surface area contributed by atoms with Crippen LogP contribution in [0.15, 0.2) is 186 Å². The first-order valence-corrected chi connectivity index (χ1v) is 19.8. The van der Waals surface area contributed by atoms with Crippen molar-refractivity contribution in [3.05, 3.63) is 182 Å². The first-order chi connectivity index (χ1) is 28.2. The van der Waals surface area contributed by atoms with Crippen LogP contribution in [0, 0.1) is 0 Å². The highest BCUT2D eigenvalue weighted by atomic mass is 32.1. The molecule has 0 aliphatic rings. The average molecular weight is 747 g/mol. The molecule has 57 heavy (non-hydrogen) atoms. The lowest BCUT2D eigenvalue weighted by atomic mass is 9.97. The first kappa shape index (κ1) is 31.9. The van der Waals surface area contributed by atoms with Gasteiger partial charge in [-0.2, -0.15) is 0 Å². The molecule has 0 amide bonds. The molecule has 12 rings (SSSR count). The number of aromatic nitrogens is 4. The second-order valence-corrected chi connectivity index (χ2v) is 15.4. The third kappa shape index (κ3) is 5.04. The Balaban J connectivity index is 1.00. The van der Waals surface area contributed by atoms with Crippen LogP contribution < -0.4 is 0 Å². The van der Waals surface area contributed by atoms with E-state index in [1.54, 1.807) is 0 Å². The van der Waals surface area contributed by atoms with E-state index in [1.165, 1.54) is 47.5 Å². The van der Waals surface area contributed by atoms with Crippen LogP contribution in [0.25, 0.3) is 115 Å². The molecule has 0 aliphatic heterocycles. The van der Waals surface area contributed by atoms with Crippen molar-refractivity contribution in [2.24, 2.45) is 0 Å². The van der Waals surface area contributed by atoms with Crippen molar-refractivity contribution in [3.8, 4) is 51.0 Å². The maximum absolute atomic E-state index is 6.67. The molecule has 4 aromatic heterocycles. The van der Waals surface area contributed by atoms with Crippen LogP contribution in [-0.2, 0) is 0 Å². The summed E-state index contributed by atoms with van der Waals surface area (Å²) in [5.74, 6) is 1.95. The van der Waals surface area contributed by atoms with E-state index in [-0.39, 0.29) is 0 Å². The highest BCUT2D eigenvalue weighted by Crippen LogP contribution is 2.45. The number of fused-ring (bicyclic) bond motifs is 9. The van der Waals surface area contributed by atoms with Gasteiger partial charge in [0, 0.05) is 75.7 Å². The Morgan fingerprint density at radius 1 is 0.404 bits per heavy atom. The molecule has 5 nitrogen and oxygen atoms in total. The molecule has 0 unspecified atom stereocenters. The van der Waals surface area contributed by atoms with E-state index in [9.17, 15) is 0 Å². The number of benzene rings is 8. The Morgan fingerprint density at radius 2 is 1.00 bits per heavy atom. The molecular weight excluding hydrogens is 717 g/mol. The van der Waals surface area contributed by atoms with Crippen molar-refractivity contribution < 1.29 is 4.42 Å². The Morgan fingerprint density at radius 3 is 1.70 bits per heavy atom. The molecule has 0 aliphatic carbocycles. The lowest BCUT2D eigenvalue weighted by molar-refractivity contribution is 0.668. The summed E-state index contributed by atoms with van der Waals surface area (Å²) in [4.78, 5) is 14.9. The lowest BCUT2D eigenvalue weighted by Gasteiger charge is -2.09. The van der Waals surface area contributed by atoms with Gasteiger partial charge in [-0.1, -0.05) is 127 Å². The van der Waals surface area contributed by atoms with Gasteiger partial charge in [0.1, 0.15) is 11.2 Å². The Hall–Kier alpha value is -7.41. The van der Waals surface area contributed by atoms with Crippen LogP contribution in [-0.4, -0.2) is 19.5 Å². The van der Waals surface area contributed by atoms with Crippen LogP contribution in [0.5, 0.6) is 0 Å². The standard InChI is InChI=1S/C51H30N4OS/c1-3-13-31(14-4-1)49-52-50(32-15-5-2-6-16-32)54-51(53-49)33-25-28-46-41(29-33)39-21-11-20-38(48(39)57-46)37-19-12-24-44-47(37)40-27-26-34(30-45(40)56-44)55-42-22-9-7-17-35(42)36-18-8-10-23-43(36)55/h1-30H. The van der Waals surface area contributed by atoms with Crippen LogP contribution in [0.3, 0.4) is 0 Å². The lowest BCUT2D eigenvalue weighted by Crippen LogP contribution is -2.00. The molecule has 0 saturated carbocycles. The van der Waals surface area contributed by atoms with Gasteiger partial charge in [-0.05, 0) is 54.1 Å². The summed E-state index contributed by atoms with van der Waals surface area (Å²) in [7, 11) is 0. The molecule has 8 aromatic carbocycles. The quantitative estimate of drug-likeness (QED) is 0.176. The summed E-state index contributed by atoms with van der Waals surface area (Å²) in [6, 6.07) is 63.7. The molecule has 0 atom stereocenters. The number of furan rings is 1. The predicted molar refractivity (Wildman–Crippen MR) is 236 cm³/mol. The predicted octanol–water partition coefficient (Wildman–Crippen LogP) is 13.9. The minimum Gasteiger partial charge on any atom is -0.456 e. The Labute approximate surface area is 330 Å². The normalized spacial score (nSPS) is 11.9. The molecule has 4 heterocycles. The fraction of sp³-hybridized carbons (Fsp3) is 0. The molecular formula is C51H30N4OS. The van der Waals surface area contributed by atoms with E-state index in [1.807, 2.05) is 72.0 Å². The van der Waals surface area contributed by atoms with E-state index in [0.29, 0.717) is 17.5 Å². The van der Waals surface area contributed by atoms with E-state index in [0.717, 1.165) is 49.9 Å². The van der Waals surface area contributed by atoms with Crippen molar-refractivity contribution in [3.63, 3.8) is 0 Å². The highest BCUT2D eigenvalue weighted by molar-refractivity contribution is 7.26. The molecule has 0 saturated heterocycles. The average Bonchev–Trinajstić information content (AvgIpc) is 3.96. The first-order valence-electron chi connectivity index (χ1n) is 19.0. The highest BCUT2D eigenvalue weighted by Gasteiger charge is 2.19. The van der Waals surface area contributed by atoms with Crippen LogP contribution >= 0.6 is 11.3 Å². The largest absolute Gasteiger partial charge is 0.456 e. The van der Waals surface area contributed by atoms with Gasteiger partial charge in [-0.25, -0.2) is 15.0 Å². The Bertz CT molecular complexity index is 3420. The summed E-state index contributed by atoms with van der Waals surface area (Å²) >= 11 is 1.82. The zero-order valence-electron chi connectivity index (χ0n) is 30.4. The molecule has 12 aromatic rings. The maximum atomic E-state index is 6.67. The maximum Gasteiger partial charge on any atom is 0.164 e.